The molecular formula is C19H14N2O2S2. The van der Waals surface area contributed by atoms with Crippen LogP contribution >= 0.6 is 23.5 Å². The number of carbonyl (C=O) groups excluding carboxylic acids is 2. The van der Waals surface area contributed by atoms with E-state index in [0.717, 1.165) is 23.5 Å². The fourth-order valence-corrected chi connectivity index (χ4v) is 3.67. The van der Waals surface area contributed by atoms with Crippen LogP contribution < -0.4 is 0 Å². The number of hydrogen-bond donors (Lipinski definition) is 0. The predicted octanol–water partition coefficient (Wildman–Crippen LogP) is 4.65. The Bertz CT molecular complexity index is 828. The third kappa shape index (κ3) is 4.78. The summed E-state index contributed by atoms with van der Waals surface area (Å²) in [7, 11) is 0. The second kappa shape index (κ2) is 8.09. The van der Waals surface area contributed by atoms with Crippen LogP contribution in [0.1, 0.15) is 26.4 Å². The van der Waals surface area contributed by atoms with E-state index >= 15 is 0 Å². The number of benzene rings is 2. The average Bonchev–Trinajstić information content (AvgIpc) is 2.62. The Kier molecular flexibility index (Phi) is 5.63. The van der Waals surface area contributed by atoms with Gasteiger partial charge in [-0.25, -0.2) is 9.97 Å². The number of carbonyl (C=O) groups is 2. The molecule has 3 rings (SSSR count). The van der Waals surface area contributed by atoms with Crippen molar-refractivity contribution in [1.82, 2.24) is 9.97 Å². The third-order valence-electron chi connectivity index (χ3n) is 3.21. The fourth-order valence-electron chi connectivity index (χ4n) is 2.06. The molecular weight excluding hydrogens is 352 g/mol. The highest BCUT2D eigenvalue weighted by Gasteiger charge is 2.14. The second-order valence-corrected chi connectivity index (χ2v) is 7.07. The summed E-state index contributed by atoms with van der Waals surface area (Å²) < 4.78 is 0. The van der Waals surface area contributed by atoms with Crippen LogP contribution in [0.15, 0.2) is 76.9 Å². The number of hydrogen-bond acceptors (Lipinski definition) is 6. The first-order valence-corrected chi connectivity index (χ1v) is 9.15. The maximum atomic E-state index is 12.3. The molecule has 0 unspecified atom stereocenters. The molecule has 0 bridgehead atoms. The molecule has 1 aromatic heterocycles. The van der Waals surface area contributed by atoms with Crippen molar-refractivity contribution in [3.63, 3.8) is 0 Å². The van der Waals surface area contributed by atoms with Crippen LogP contribution in [-0.2, 0) is 0 Å². The van der Waals surface area contributed by atoms with Gasteiger partial charge in [0.05, 0.1) is 0 Å². The molecule has 2 aromatic carbocycles. The predicted molar refractivity (Wildman–Crippen MR) is 100 cm³/mol. The van der Waals surface area contributed by atoms with E-state index in [4.69, 9.17) is 0 Å². The number of thioether (sulfide) groups is 2. The van der Waals surface area contributed by atoms with Crippen molar-refractivity contribution in [3.05, 3.63) is 83.6 Å². The van der Waals surface area contributed by atoms with Crippen molar-refractivity contribution in [2.24, 2.45) is 0 Å². The molecule has 0 atom stereocenters. The molecule has 25 heavy (non-hydrogen) atoms. The van der Waals surface area contributed by atoms with Gasteiger partial charge in [-0.05, 0) is 36.5 Å². The molecule has 0 radical (unpaired) electrons. The summed E-state index contributed by atoms with van der Waals surface area (Å²) >= 11 is 2.00. The molecule has 0 saturated carbocycles. The van der Waals surface area contributed by atoms with Gasteiger partial charge in [0, 0.05) is 16.8 Å². The Morgan fingerprint density at radius 3 is 1.84 bits per heavy atom. The van der Waals surface area contributed by atoms with Crippen LogP contribution in [0, 0.1) is 6.92 Å². The van der Waals surface area contributed by atoms with Crippen molar-refractivity contribution in [2.45, 2.75) is 17.1 Å². The second-order valence-electron chi connectivity index (χ2n) is 5.14. The quantitative estimate of drug-likeness (QED) is 0.380. The van der Waals surface area contributed by atoms with Crippen LogP contribution in [0.4, 0.5) is 0 Å². The van der Waals surface area contributed by atoms with E-state index < -0.39 is 0 Å². The highest BCUT2D eigenvalue weighted by atomic mass is 32.2. The van der Waals surface area contributed by atoms with Gasteiger partial charge in [-0.15, -0.1) is 0 Å². The van der Waals surface area contributed by atoms with Gasteiger partial charge in [0.15, 0.2) is 5.16 Å². The summed E-state index contributed by atoms with van der Waals surface area (Å²) in [6.07, 6.45) is 0. The molecule has 1 heterocycles. The van der Waals surface area contributed by atoms with Crippen molar-refractivity contribution >= 4 is 33.8 Å². The Morgan fingerprint density at radius 1 is 0.760 bits per heavy atom. The highest BCUT2D eigenvalue weighted by molar-refractivity contribution is 8.14. The van der Waals surface area contributed by atoms with Crippen LogP contribution in [0.25, 0.3) is 0 Å². The first kappa shape index (κ1) is 17.4. The zero-order chi connectivity index (χ0) is 17.6. The zero-order valence-electron chi connectivity index (χ0n) is 13.4. The molecule has 0 aliphatic carbocycles. The largest absolute Gasteiger partial charge is 0.281 e. The van der Waals surface area contributed by atoms with Crippen molar-refractivity contribution in [2.75, 3.05) is 0 Å². The first-order chi connectivity index (χ1) is 12.1. The molecule has 0 spiro atoms. The Balaban J connectivity index is 1.76. The molecule has 4 nitrogen and oxygen atoms in total. The lowest BCUT2D eigenvalue weighted by atomic mass is 10.2. The molecule has 124 valence electrons. The van der Waals surface area contributed by atoms with E-state index in [2.05, 4.69) is 9.97 Å². The SMILES string of the molecule is Cc1cc(SC(=O)c2ccccc2)nc(SC(=O)c2ccccc2)n1. The number of rotatable bonds is 4. The minimum absolute atomic E-state index is 0.0935. The highest BCUT2D eigenvalue weighted by Crippen LogP contribution is 2.25. The third-order valence-corrected chi connectivity index (χ3v) is 4.84. The summed E-state index contributed by atoms with van der Waals surface area (Å²) in [6, 6.07) is 19.7. The van der Waals surface area contributed by atoms with Gasteiger partial charge in [0.1, 0.15) is 5.03 Å². The van der Waals surface area contributed by atoms with Gasteiger partial charge in [-0.3, -0.25) is 9.59 Å². The first-order valence-electron chi connectivity index (χ1n) is 7.52. The molecule has 3 aromatic rings. The smallest absolute Gasteiger partial charge is 0.227 e. The lowest BCUT2D eigenvalue weighted by Gasteiger charge is -2.05. The topological polar surface area (TPSA) is 59.9 Å². The van der Waals surface area contributed by atoms with E-state index in [1.807, 2.05) is 43.3 Å². The van der Waals surface area contributed by atoms with Gasteiger partial charge in [-0.2, -0.15) is 0 Å². The van der Waals surface area contributed by atoms with Crippen molar-refractivity contribution in [1.29, 1.82) is 0 Å². The van der Waals surface area contributed by atoms with Gasteiger partial charge in [0.25, 0.3) is 0 Å². The van der Waals surface area contributed by atoms with Gasteiger partial charge in [-0.1, -0.05) is 60.7 Å². The van der Waals surface area contributed by atoms with E-state index in [1.165, 1.54) is 0 Å². The summed E-state index contributed by atoms with van der Waals surface area (Å²) in [5.74, 6) is 0. The molecule has 0 N–H and O–H groups in total. The standard InChI is InChI=1S/C19H14N2O2S2/c1-13-12-16(24-17(22)14-8-4-2-5-9-14)21-19(20-13)25-18(23)15-10-6-3-7-11-15/h2-12H,1H3. The molecule has 0 aliphatic heterocycles. The number of aryl methyl sites for hydroxylation is 1. The average molecular weight is 366 g/mol. The Hall–Kier alpha value is -2.44. The van der Waals surface area contributed by atoms with Crippen LogP contribution in [-0.4, -0.2) is 20.2 Å². The normalized spacial score (nSPS) is 10.4. The lowest BCUT2D eigenvalue weighted by Crippen LogP contribution is -2.00. The van der Waals surface area contributed by atoms with Gasteiger partial charge >= 0.3 is 0 Å². The number of aromatic nitrogens is 2. The minimum atomic E-state index is -0.128. The number of nitrogens with zero attached hydrogens (tertiary/aromatic N) is 2. The van der Waals surface area contributed by atoms with Gasteiger partial charge in [0.2, 0.25) is 10.2 Å². The molecule has 0 saturated heterocycles. The molecule has 0 amide bonds. The Morgan fingerprint density at radius 2 is 1.28 bits per heavy atom. The van der Waals surface area contributed by atoms with Crippen LogP contribution in [0.2, 0.25) is 0 Å². The minimum Gasteiger partial charge on any atom is -0.281 e. The zero-order valence-corrected chi connectivity index (χ0v) is 15.0. The fraction of sp³-hybridized carbons (Fsp3) is 0.0526. The summed E-state index contributed by atoms with van der Waals surface area (Å²) in [5, 5.41) is 0.655. The molecule has 0 fully saturated rings. The monoisotopic (exact) mass is 366 g/mol. The Labute approximate surface area is 154 Å². The lowest BCUT2D eigenvalue weighted by molar-refractivity contribution is 0.108. The summed E-state index contributed by atoms with van der Waals surface area (Å²) in [6.45, 7) is 1.82. The van der Waals surface area contributed by atoms with E-state index in [-0.39, 0.29) is 10.2 Å². The summed E-state index contributed by atoms with van der Waals surface area (Å²) in [5.41, 5.74) is 1.91. The van der Waals surface area contributed by atoms with E-state index in [1.54, 1.807) is 30.3 Å². The maximum Gasteiger partial charge on any atom is 0.227 e. The van der Waals surface area contributed by atoms with E-state index in [9.17, 15) is 9.59 Å². The van der Waals surface area contributed by atoms with Crippen LogP contribution in [0.3, 0.4) is 0 Å². The van der Waals surface area contributed by atoms with E-state index in [0.29, 0.717) is 27.0 Å². The van der Waals surface area contributed by atoms with Crippen molar-refractivity contribution in [3.8, 4) is 0 Å². The maximum absolute atomic E-state index is 12.3. The summed E-state index contributed by atoms with van der Waals surface area (Å²) in [4.78, 5) is 33.2. The van der Waals surface area contributed by atoms with Crippen LogP contribution in [0.5, 0.6) is 0 Å². The molecule has 0 aliphatic rings. The molecule has 6 heteroatoms. The van der Waals surface area contributed by atoms with Crippen molar-refractivity contribution < 1.29 is 9.59 Å². The van der Waals surface area contributed by atoms with Gasteiger partial charge < -0.3 is 0 Å².